The second-order valence-electron chi connectivity index (χ2n) is 14.2. The van der Waals surface area contributed by atoms with E-state index < -0.39 is 81.5 Å². The molecule has 0 amide bonds. The Balaban J connectivity index is 2.42. The van der Waals surface area contributed by atoms with Crippen LogP contribution in [0.2, 0.25) is 0 Å². The molecule has 2 aromatic carbocycles. The maximum absolute atomic E-state index is 15.7. The molecule has 0 aromatic heterocycles. The molecule has 0 fully saturated rings. The Morgan fingerprint density at radius 1 is 0.556 bits per heavy atom. The number of hydroxylamine groups is 4. The lowest BCUT2D eigenvalue weighted by atomic mass is 9.70. The van der Waals surface area contributed by atoms with Crippen LogP contribution in [0.15, 0.2) is 107 Å². The molecular formula is C33H43F6N8O6P. The fourth-order valence-corrected chi connectivity index (χ4v) is 11.0. The molecule has 21 heteroatoms. The summed E-state index contributed by atoms with van der Waals surface area (Å²) < 4.78 is 94.2. The molecule has 0 saturated carbocycles. The molecule has 12 N–H and O–H groups in total. The molecule has 2 atom stereocenters. The van der Waals surface area contributed by atoms with Crippen molar-refractivity contribution in [1.29, 1.82) is 0 Å². The highest BCUT2D eigenvalue weighted by molar-refractivity contribution is 7.67. The normalized spacial score (nSPS) is 22.4. The number of hydrogen-bond donors (Lipinski definition) is 6. The predicted molar refractivity (Wildman–Crippen MR) is 184 cm³/mol. The first-order valence-electron chi connectivity index (χ1n) is 15.9. The van der Waals surface area contributed by atoms with Gasteiger partial charge in [-0.1, -0.05) is 102 Å². The highest BCUT2D eigenvalue weighted by Gasteiger charge is 2.69. The maximum Gasteiger partial charge on any atom is 0.421 e. The van der Waals surface area contributed by atoms with Crippen molar-refractivity contribution in [3.8, 4) is 0 Å². The summed E-state index contributed by atoms with van der Waals surface area (Å²) in [5.41, 5.74) is -12.8. The van der Waals surface area contributed by atoms with Crippen LogP contribution in [0, 0.1) is 10.8 Å². The lowest BCUT2D eigenvalue weighted by Gasteiger charge is -2.56. The van der Waals surface area contributed by atoms with E-state index in [2.05, 4.69) is 0 Å². The Bertz CT molecular complexity index is 1660. The lowest BCUT2D eigenvalue weighted by molar-refractivity contribution is -0.189. The summed E-state index contributed by atoms with van der Waals surface area (Å²) in [6.07, 6.45) is -8.84. The zero-order chi connectivity index (χ0) is 40.7. The van der Waals surface area contributed by atoms with Gasteiger partial charge in [-0.3, -0.25) is 9.68 Å². The molecule has 0 bridgehead atoms. The van der Waals surface area contributed by atoms with Gasteiger partial charge in [-0.15, -0.1) is 0 Å². The highest BCUT2D eigenvalue weighted by Crippen LogP contribution is 2.77. The summed E-state index contributed by atoms with van der Waals surface area (Å²) in [7, 11) is -2.89. The Labute approximate surface area is 308 Å². The Kier molecular flexibility index (Phi) is 12.2. The number of nitrogens with zero attached hydrogens (tertiary/aromatic N) is 2. The molecule has 4 rings (SSSR count). The van der Waals surface area contributed by atoms with Crippen LogP contribution in [-0.4, -0.2) is 33.7 Å². The van der Waals surface area contributed by atoms with E-state index in [1.165, 1.54) is 41.5 Å². The van der Waals surface area contributed by atoms with Crippen molar-refractivity contribution in [1.82, 2.24) is 10.1 Å². The van der Waals surface area contributed by atoms with Crippen molar-refractivity contribution in [2.24, 2.45) is 46.2 Å². The topological polar surface area (TPSA) is 218 Å². The third-order valence-corrected chi connectivity index (χ3v) is 12.2. The first-order valence-corrected chi connectivity index (χ1v) is 17.3. The number of benzene rings is 2. The number of alkyl halides is 6. The largest absolute Gasteiger partial charge is 0.421 e. The zero-order valence-corrected chi connectivity index (χ0v) is 30.9. The lowest BCUT2D eigenvalue weighted by Crippen LogP contribution is -2.60. The molecule has 0 aliphatic carbocycles. The molecular weight excluding hydrogens is 749 g/mol. The first kappa shape index (κ1) is 42.9. The second kappa shape index (κ2) is 15.4. The standard InChI is InChI=1S/C33H43F6N8O6P/c1-28(2,3)30(50-42)21(17-46(52-44)26(48-40)24(30)32(34,35)36)54(23(19-13-9-7-10-14-19)20-15-11-8-12-16-20)22-18-47(53-45)27(49-41)25(33(37,38)39)31(22,51-43)29(4,5)6/h7-18,23H,40-45H2,1-6H3. The summed E-state index contributed by atoms with van der Waals surface area (Å²) in [5.74, 6) is 31.7. The molecule has 2 heterocycles. The minimum atomic E-state index is -5.38. The third kappa shape index (κ3) is 6.96. The summed E-state index contributed by atoms with van der Waals surface area (Å²) >= 11 is 0. The van der Waals surface area contributed by atoms with Gasteiger partial charge in [-0.2, -0.15) is 69.9 Å². The van der Waals surface area contributed by atoms with Crippen molar-refractivity contribution in [3.05, 3.63) is 118 Å². The molecule has 2 unspecified atom stereocenters. The van der Waals surface area contributed by atoms with E-state index in [0.717, 1.165) is 12.4 Å². The fourth-order valence-electron chi connectivity index (χ4n) is 7.06. The first-order chi connectivity index (χ1) is 25.1. The number of hydrogen-bond acceptors (Lipinski definition) is 14. The van der Waals surface area contributed by atoms with Crippen molar-refractivity contribution >= 4 is 7.92 Å². The minimum absolute atomic E-state index is 0.362. The van der Waals surface area contributed by atoms with E-state index in [9.17, 15) is 0 Å². The summed E-state index contributed by atoms with van der Waals surface area (Å²) in [6.45, 7) is 8.18. The maximum atomic E-state index is 15.7. The fraction of sp³-hybridized carbons (Fsp3) is 0.394. The number of rotatable bonds is 11. The van der Waals surface area contributed by atoms with Crippen molar-refractivity contribution in [3.63, 3.8) is 0 Å². The Morgan fingerprint density at radius 2 is 0.870 bits per heavy atom. The van der Waals surface area contributed by atoms with Crippen LogP contribution in [0.5, 0.6) is 0 Å². The van der Waals surface area contributed by atoms with Crippen LogP contribution >= 0.6 is 7.92 Å². The molecule has 2 aromatic rings. The van der Waals surface area contributed by atoms with Gasteiger partial charge in [0.05, 0.1) is 0 Å². The average Bonchev–Trinajstić information content (AvgIpc) is 3.10. The highest BCUT2D eigenvalue weighted by atomic mass is 31.1. The van der Waals surface area contributed by atoms with E-state index in [-0.39, 0.29) is 0 Å². The van der Waals surface area contributed by atoms with Crippen molar-refractivity contribution in [2.45, 2.75) is 70.8 Å². The molecule has 298 valence electrons. The van der Waals surface area contributed by atoms with Gasteiger partial charge in [-0.05, 0) is 19.0 Å². The van der Waals surface area contributed by atoms with Crippen LogP contribution in [0.4, 0.5) is 26.3 Å². The molecule has 2 aliphatic rings. The van der Waals surface area contributed by atoms with Gasteiger partial charge in [0.25, 0.3) is 11.8 Å². The van der Waals surface area contributed by atoms with Crippen LogP contribution in [0.1, 0.15) is 58.3 Å². The van der Waals surface area contributed by atoms with Crippen molar-refractivity contribution in [2.75, 3.05) is 0 Å². The molecule has 0 radical (unpaired) electrons. The Morgan fingerprint density at radius 3 is 1.09 bits per heavy atom. The molecule has 54 heavy (non-hydrogen) atoms. The Hall–Kier alpha value is -3.79. The van der Waals surface area contributed by atoms with Gasteiger partial charge in [0.15, 0.2) is 11.2 Å². The number of halogens is 6. The predicted octanol–water partition coefficient (Wildman–Crippen LogP) is 5.86. The molecule has 0 saturated heterocycles. The minimum Gasteiger partial charge on any atom is -0.390 e. The second-order valence-corrected chi connectivity index (χ2v) is 16.4. The summed E-state index contributed by atoms with van der Waals surface area (Å²) in [4.78, 5) is 30.4. The van der Waals surface area contributed by atoms with Gasteiger partial charge < -0.3 is 9.68 Å². The molecule has 2 aliphatic heterocycles. The zero-order valence-electron chi connectivity index (χ0n) is 30.0. The van der Waals surface area contributed by atoms with Crippen LogP contribution in [0.3, 0.4) is 0 Å². The average molecular weight is 793 g/mol. The van der Waals surface area contributed by atoms with E-state index >= 15 is 26.3 Å². The summed E-state index contributed by atoms with van der Waals surface area (Å²) in [6, 6.07) is 16.5. The van der Waals surface area contributed by atoms with Gasteiger partial charge in [0, 0.05) is 39.5 Å². The number of nitrogens with two attached hydrogens (primary N) is 6. The van der Waals surface area contributed by atoms with E-state index in [1.54, 1.807) is 60.7 Å². The van der Waals surface area contributed by atoms with E-state index in [1.807, 2.05) is 0 Å². The van der Waals surface area contributed by atoms with Crippen LogP contribution in [0.25, 0.3) is 0 Å². The van der Waals surface area contributed by atoms with Gasteiger partial charge in [-0.25, -0.2) is 11.8 Å². The molecule has 0 spiro atoms. The van der Waals surface area contributed by atoms with Gasteiger partial charge >= 0.3 is 12.4 Å². The van der Waals surface area contributed by atoms with Crippen LogP contribution in [-0.2, 0) is 29.2 Å². The monoisotopic (exact) mass is 792 g/mol. The third-order valence-electron chi connectivity index (χ3n) is 9.22. The van der Waals surface area contributed by atoms with Crippen LogP contribution < -0.4 is 35.4 Å². The quantitative estimate of drug-likeness (QED) is 0.0893. The van der Waals surface area contributed by atoms with Gasteiger partial charge in [0.2, 0.25) is 0 Å². The van der Waals surface area contributed by atoms with Gasteiger partial charge in [0.1, 0.15) is 11.1 Å². The van der Waals surface area contributed by atoms with E-state index in [0.29, 0.717) is 21.3 Å². The summed E-state index contributed by atoms with van der Waals surface area (Å²) in [5, 5.41) is -0.116. The molecule has 14 nitrogen and oxygen atoms in total. The van der Waals surface area contributed by atoms with Crippen molar-refractivity contribution < 1.29 is 55.6 Å². The smallest absolute Gasteiger partial charge is 0.390 e. The SMILES string of the molecule is CC(C)(C)C1(ON)C(P(C2=CN(ON)C(ON)=C(C(F)(F)F)C2(ON)C(C)(C)C)C(c2ccccc2)c2ccccc2)=CN(ON)C(ON)=C1C(F)(F)F. The van der Waals surface area contributed by atoms with E-state index in [4.69, 9.17) is 64.6 Å².